The highest BCUT2D eigenvalue weighted by Gasteiger charge is 2.26. The first-order chi connectivity index (χ1) is 8.66. The largest absolute Gasteiger partial charge is 0.387 e. The first-order valence-corrected chi connectivity index (χ1v) is 6.03. The van der Waals surface area contributed by atoms with Crippen molar-refractivity contribution in [3.63, 3.8) is 0 Å². The molecule has 0 aromatic heterocycles. The monoisotopic (exact) mass is 250 g/mol. The number of nitrogens with two attached hydrogens (primary N) is 1. The highest BCUT2D eigenvalue weighted by molar-refractivity contribution is 5.79. The number of aliphatic hydroxyl groups excluding tert-OH is 1. The number of β-amino-alcohol motifs (C(OH)–C–C–N with tert-alkyl or cyclic N) is 1. The van der Waals surface area contributed by atoms with Gasteiger partial charge in [0.1, 0.15) is 6.10 Å². The number of morpholine rings is 1. The maximum absolute atomic E-state index is 11.1. The maximum Gasteiger partial charge on any atom is 0.247 e. The number of ether oxygens (including phenoxy) is 1. The summed E-state index contributed by atoms with van der Waals surface area (Å²) >= 11 is 0. The van der Waals surface area contributed by atoms with Crippen molar-refractivity contribution >= 4 is 5.91 Å². The van der Waals surface area contributed by atoms with E-state index in [1.54, 1.807) is 0 Å². The average Bonchev–Trinajstić information content (AvgIpc) is 2.40. The molecule has 0 radical (unpaired) electrons. The van der Waals surface area contributed by atoms with E-state index < -0.39 is 18.1 Å². The molecule has 18 heavy (non-hydrogen) atoms. The zero-order chi connectivity index (χ0) is 13.0. The van der Waals surface area contributed by atoms with Crippen LogP contribution in [0.1, 0.15) is 11.7 Å². The third kappa shape index (κ3) is 3.29. The van der Waals surface area contributed by atoms with Gasteiger partial charge in [0.15, 0.2) is 0 Å². The fourth-order valence-electron chi connectivity index (χ4n) is 2.07. The average molecular weight is 250 g/mol. The van der Waals surface area contributed by atoms with Crippen LogP contribution in [-0.4, -0.2) is 48.3 Å². The van der Waals surface area contributed by atoms with Gasteiger partial charge in [-0.05, 0) is 5.56 Å². The number of rotatable bonds is 4. The van der Waals surface area contributed by atoms with Gasteiger partial charge < -0.3 is 15.6 Å². The molecule has 1 fully saturated rings. The molecule has 98 valence electrons. The lowest BCUT2D eigenvalue weighted by Gasteiger charge is -2.32. The lowest BCUT2D eigenvalue weighted by atomic mass is 10.1. The summed E-state index contributed by atoms with van der Waals surface area (Å²) in [5.41, 5.74) is 6.09. The molecule has 2 unspecified atom stereocenters. The summed E-state index contributed by atoms with van der Waals surface area (Å²) in [6.45, 7) is 2.10. The third-order valence-electron chi connectivity index (χ3n) is 3.08. The molecule has 1 aromatic carbocycles. The molecule has 3 N–H and O–H groups in total. The SMILES string of the molecule is NC(=O)C1CN(CC(O)c2ccccc2)CCO1. The van der Waals surface area contributed by atoms with Crippen molar-refractivity contribution in [3.05, 3.63) is 35.9 Å². The number of nitrogens with zero attached hydrogens (tertiary/aromatic N) is 1. The lowest BCUT2D eigenvalue weighted by Crippen LogP contribution is -2.49. The zero-order valence-corrected chi connectivity index (χ0v) is 10.2. The van der Waals surface area contributed by atoms with Crippen LogP contribution < -0.4 is 5.73 Å². The fraction of sp³-hybridized carbons (Fsp3) is 0.462. The van der Waals surface area contributed by atoms with Gasteiger partial charge in [-0.1, -0.05) is 30.3 Å². The minimum absolute atomic E-state index is 0.444. The highest BCUT2D eigenvalue weighted by Crippen LogP contribution is 2.15. The minimum Gasteiger partial charge on any atom is -0.387 e. The molecule has 2 rings (SSSR count). The molecule has 0 saturated carbocycles. The predicted octanol–water partition coefficient (Wildman–Crippen LogP) is -0.0939. The molecular formula is C13H18N2O3. The quantitative estimate of drug-likeness (QED) is 0.783. The summed E-state index contributed by atoms with van der Waals surface area (Å²) in [6.07, 6.45) is -1.13. The van der Waals surface area contributed by atoms with Gasteiger partial charge in [-0.25, -0.2) is 0 Å². The number of hydrogen-bond acceptors (Lipinski definition) is 4. The van der Waals surface area contributed by atoms with E-state index in [1.807, 2.05) is 35.2 Å². The summed E-state index contributed by atoms with van der Waals surface area (Å²) < 4.78 is 5.26. The molecule has 1 aromatic rings. The van der Waals surface area contributed by atoms with E-state index in [0.29, 0.717) is 26.2 Å². The third-order valence-corrected chi connectivity index (χ3v) is 3.08. The molecule has 2 atom stereocenters. The van der Waals surface area contributed by atoms with Gasteiger partial charge in [0.2, 0.25) is 5.91 Å². The Morgan fingerprint density at radius 1 is 1.50 bits per heavy atom. The van der Waals surface area contributed by atoms with Crippen molar-refractivity contribution in [1.82, 2.24) is 4.90 Å². The van der Waals surface area contributed by atoms with Crippen LogP contribution in [0, 0.1) is 0 Å². The van der Waals surface area contributed by atoms with Gasteiger partial charge in [0.05, 0.1) is 12.7 Å². The Bertz CT molecular complexity index is 396. The molecule has 0 aliphatic carbocycles. The number of amides is 1. The molecule has 1 heterocycles. The number of carbonyl (C=O) groups is 1. The second-order valence-electron chi connectivity index (χ2n) is 4.45. The molecule has 1 aliphatic rings. The van der Waals surface area contributed by atoms with E-state index in [0.717, 1.165) is 5.56 Å². The summed E-state index contributed by atoms with van der Waals surface area (Å²) in [5, 5.41) is 10.1. The number of benzene rings is 1. The molecule has 0 spiro atoms. The fourth-order valence-corrected chi connectivity index (χ4v) is 2.07. The van der Waals surface area contributed by atoms with Crippen molar-refractivity contribution in [2.24, 2.45) is 5.73 Å². The molecule has 5 nitrogen and oxygen atoms in total. The summed E-state index contributed by atoms with van der Waals surface area (Å²) in [7, 11) is 0. The van der Waals surface area contributed by atoms with Gasteiger partial charge >= 0.3 is 0 Å². The van der Waals surface area contributed by atoms with E-state index in [2.05, 4.69) is 0 Å². The van der Waals surface area contributed by atoms with Crippen LogP contribution in [0.2, 0.25) is 0 Å². The van der Waals surface area contributed by atoms with Gasteiger partial charge in [0, 0.05) is 19.6 Å². The van der Waals surface area contributed by atoms with Gasteiger partial charge in [0.25, 0.3) is 0 Å². The van der Waals surface area contributed by atoms with Gasteiger partial charge in [-0.3, -0.25) is 9.69 Å². The predicted molar refractivity (Wildman–Crippen MR) is 66.8 cm³/mol. The summed E-state index contributed by atoms with van der Waals surface area (Å²) in [4.78, 5) is 13.1. The highest BCUT2D eigenvalue weighted by atomic mass is 16.5. The Labute approximate surface area is 106 Å². The molecule has 1 aliphatic heterocycles. The van der Waals surface area contributed by atoms with E-state index in [4.69, 9.17) is 10.5 Å². The lowest BCUT2D eigenvalue weighted by molar-refractivity contribution is -0.135. The van der Waals surface area contributed by atoms with Crippen molar-refractivity contribution in [1.29, 1.82) is 0 Å². The van der Waals surface area contributed by atoms with Gasteiger partial charge in [-0.2, -0.15) is 0 Å². The second kappa shape index (κ2) is 5.95. The number of hydrogen-bond donors (Lipinski definition) is 2. The Morgan fingerprint density at radius 3 is 2.89 bits per heavy atom. The summed E-state index contributed by atoms with van der Waals surface area (Å²) in [6, 6.07) is 9.47. The van der Waals surface area contributed by atoms with Crippen LogP contribution in [0.25, 0.3) is 0 Å². The molecule has 5 heteroatoms. The molecular weight excluding hydrogens is 232 g/mol. The number of carbonyl (C=O) groups excluding carboxylic acids is 1. The van der Waals surface area contributed by atoms with E-state index >= 15 is 0 Å². The Hall–Kier alpha value is -1.43. The maximum atomic E-state index is 11.1. The Kier molecular flexibility index (Phi) is 4.30. The van der Waals surface area contributed by atoms with Crippen LogP contribution >= 0.6 is 0 Å². The minimum atomic E-state index is -0.568. The number of aliphatic hydroxyl groups is 1. The summed E-state index contributed by atoms with van der Waals surface area (Å²) in [5.74, 6) is -0.450. The van der Waals surface area contributed by atoms with Crippen LogP contribution in [-0.2, 0) is 9.53 Å². The van der Waals surface area contributed by atoms with E-state index in [-0.39, 0.29) is 0 Å². The van der Waals surface area contributed by atoms with Crippen LogP contribution in [0.5, 0.6) is 0 Å². The second-order valence-corrected chi connectivity index (χ2v) is 4.45. The first kappa shape index (κ1) is 13.0. The smallest absolute Gasteiger partial charge is 0.247 e. The molecule has 0 bridgehead atoms. The van der Waals surface area contributed by atoms with E-state index in [9.17, 15) is 9.90 Å². The topological polar surface area (TPSA) is 75.8 Å². The molecule has 1 saturated heterocycles. The Balaban J connectivity index is 1.91. The Morgan fingerprint density at radius 2 is 2.22 bits per heavy atom. The standard InChI is InChI=1S/C13H18N2O3/c14-13(17)12-9-15(6-7-18-12)8-11(16)10-4-2-1-3-5-10/h1-5,11-12,16H,6-9H2,(H2,14,17). The normalized spacial score (nSPS) is 22.6. The van der Waals surface area contributed by atoms with Crippen molar-refractivity contribution in [3.8, 4) is 0 Å². The van der Waals surface area contributed by atoms with Crippen LogP contribution in [0.4, 0.5) is 0 Å². The van der Waals surface area contributed by atoms with Crippen molar-refractivity contribution in [2.75, 3.05) is 26.2 Å². The van der Waals surface area contributed by atoms with E-state index in [1.165, 1.54) is 0 Å². The van der Waals surface area contributed by atoms with Gasteiger partial charge in [-0.15, -0.1) is 0 Å². The van der Waals surface area contributed by atoms with Crippen molar-refractivity contribution in [2.45, 2.75) is 12.2 Å². The van der Waals surface area contributed by atoms with Crippen LogP contribution in [0.3, 0.4) is 0 Å². The van der Waals surface area contributed by atoms with Crippen LogP contribution in [0.15, 0.2) is 30.3 Å². The first-order valence-electron chi connectivity index (χ1n) is 6.03. The number of primary amides is 1. The zero-order valence-electron chi connectivity index (χ0n) is 10.2. The molecule has 1 amide bonds. The van der Waals surface area contributed by atoms with Crippen molar-refractivity contribution < 1.29 is 14.6 Å².